The van der Waals surface area contributed by atoms with Crippen LogP contribution in [0.4, 0.5) is 0 Å². The Morgan fingerprint density at radius 1 is 1.20 bits per heavy atom. The minimum absolute atomic E-state index is 0. The van der Waals surface area contributed by atoms with E-state index in [1.165, 1.54) is 32.1 Å². The van der Waals surface area contributed by atoms with Crippen LogP contribution in [-0.2, 0) is 0 Å². The summed E-state index contributed by atoms with van der Waals surface area (Å²) in [6.07, 6.45) is 6.55. The molecule has 0 spiro atoms. The smallest absolute Gasteiger partial charge is 0.00104 e. The number of halogens is 1. The van der Waals surface area contributed by atoms with Crippen LogP contribution in [0.5, 0.6) is 0 Å². The van der Waals surface area contributed by atoms with Gasteiger partial charge < -0.3 is 5.73 Å². The van der Waals surface area contributed by atoms with Crippen LogP contribution >= 0.6 is 12.4 Å². The summed E-state index contributed by atoms with van der Waals surface area (Å²) in [6, 6.07) is 0.404. The maximum absolute atomic E-state index is 5.57. The predicted octanol–water partition coefficient (Wildman–Crippen LogP) is 2.73. The largest absolute Gasteiger partial charge is 0.328 e. The third-order valence-corrected chi connectivity index (χ3v) is 1.51. The molecule has 0 radical (unpaired) electrons. The highest BCUT2D eigenvalue weighted by Crippen LogP contribution is 2.03. The summed E-state index contributed by atoms with van der Waals surface area (Å²) in [5.41, 5.74) is 5.57. The van der Waals surface area contributed by atoms with Gasteiger partial charge in [-0.05, 0) is 13.3 Å². The summed E-state index contributed by atoms with van der Waals surface area (Å²) in [4.78, 5) is 0. The van der Waals surface area contributed by atoms with Gasteiger partial charge in [0, 0.05) is 6.04 Å². The zero-order valence-corrected chi connectivity index (χ0v) is 7.91. The van der Waals surface area contributed by atoms with E-state index in [4.69, 9.17) is 5.73 Å². The van der Waals surface area contributed by atoms with Crippen LogP contribution in [0.25, 0.3) is 0 Å². The van der Waals surface area contributed by atoms with Crippen LogP contribution in [0.2, 0.25) is 0 Å². The second kappa shape index (κ2) is 9.25. The van der Waals surface area contributed by atoms with Crippen LogP contribution in [0.3, 0.4) is 0 Å². The Kier molecular flexibility index (Phi) is 11.9. The third-order valence-electron chi connectivity index (χ3n) is 1.51. The van der Waals surface area contributed by atoms with E-state index < -0.39 is 0 Å². The highest BCUT2D eigenvalue weighted by atomic mass is 35.5. The third kappa shape index (κ3) is 11.1. The fraction of sp³-hybridized carbons (Fsp3) is 1.00. The Morgan fingerprint density at radius 3 is 2.20 bits per heavy atom. The number of hydrogen-bond acceptors (Lipinski definition) is 1. The van der Waals surface area contributed by atoms with Gasteiger partial charge >= 0.3 is 0 Å². The van der Waals surface area contributed by atoms with E-state index in [1.54, 1.807) is 0 Å². The summed E-state index contributed by atoms with van der Waals surface area (Å²) >= 11 is 0. The summed E-state index contributed by atoms with van der Waals surface area (Å²) in [5, 5.41) is 0. The highest BCUT2D eigenvalue weighted by molar-refractivity contribution is 5.85. The van der Waals surface area contributed by atoms with Crippen molar-refractivity contribution in [2.45, 2.75) is 52.0 Å². The fourth-order valence-electron chi connectivity index (χ4n) is 0.893. The van der Waals surface area contributed by atoms with Crippen molar-refractivity contribution >= 4 is 12.4 Å². The van der Waals surface area contributed by atoms with Crippen molar-refractivity contribution in [2.75, 3.05) is 0 Å². The highest BCUT2D eigenvalue weighted by Gasteiger charge is 1.91. The molecule has 0 aromatic rings. The number of unbranched alkanes of at least 4 members (excludes halogenated alkanes) is 3. The zero-order valence-electron chi connectivity index (χ0n) is 7.10. The Labute approximate surface area is 70.8 Å². The van der Waals surface area contributed by atoms with Gasteiger partial charge in [0.05, 0.1) is 0 Å². The molecule has 0 heterocycles. The summed E-state index contributed by atoms with van der Waals surface area (Å²) in [7, 11) is 0. The van der Waals surface area contributed by atoms with Gasteiger partial charge in [0.25, 0.3) is 0 Å². The van der Waals surface area contributed by atoms with Crippen molar-refractivity contribution in [3.63, 3.8) is 0 Å². The number of hydrogen-bond donors (Lipinski definition) is 1. The first kappa shape index (κ1) is 12.9. The lowest BCUT2D eigenvalue weighted by Gasteiger charge is -2.02. The second-order valence-corrected chi connectivity index (χ2v) is 2.83. The fourth-order valence-corrected chi connectivity index (χ4v) is 0.893. The molecule has 0 aromatic carbocycles. The van der Waals surface area contributed by atoms with Gasteiger partial charge in [-0.15, -0.1) is 12.4 Å². The molecule has 0 rings (SSSR count). The molecule has 0 saturated carbocycles. The Balaban J connectivity index is 0. The van der Waals surface area contributed by atoms with E-state index in [2.05, 4.69) is 13.8 Å². The predicted molar refractivity (Wildman–Crippen MR) is 49.7 cm³/mol. The molecule has 0 aliphatic rings. The number of nitrogens with two attached hydrogens (primary N) is 1. The topological polar surface area (TPSA) is 26.0 Å². The Hall–Kier alpha value is 0.250. The summed E-state index contributed by atoms with van der Waals surface area (Å²) < 4.78 is 0. The molecule has 0 bridgehead atoms. The van der Waals surface area contributed by atoms with E-state index in [-0.39, 0.29) is 12.4 Å². The van der Waals surface area contributed by atoms with Crippen LogP contribution < -0.4 is 5.73 Å². The molecule has 1 atom stereocenters. The molecule has 0 aliphatic heterocycles. The van der Waals surface area contributed by atoms with Crippen molar-refractivity contribution in [1.82, 2.24) is 0 Å². The minimum atomic E-state index is 0. The van der Waals surface area contributed by atoms with Gasteiger partial charge in [0.15, 0.2) is 0 Å². The molecule has 1 nitrogen and oxygen atoms in total. The first-order valence-corrected chi connectivity index (χ1v) is 4.03. The Bertz CT molecular complexity index is 55.2. The molecule has 0 aromatic heterocycles. The van der Waals surface area contributed by atoms with Crippen molar-refractivity contribution in [2.24, 2.45) is 5.73 Å². The van der Waals surface area contributed by atoms with Gasteiger partial charge in [0.1, 0.15) is 0 Å². The minimum Gasteiger partial charge on any atom is -0.328 e. The molecule has 0 amide bonds. The summed E-state index contributed by atoms with van der Waals surface area (Å²) in [6.45, 7) is 4.30. The van der Waals surface area contributed by atoms with Crippen molar-refractivity contribution in [3.8, 4) is 0 Å². The SMILES string of the molecule is CCCCCCC(C)N.Cl. The van der Waals surface area contributed by atoms with Gasteiger partial charge in [-0.1, -0.05) is 32.6 Å². The zero-order chi connectivity index (χ0) is 7.11. The average Bonchev–Trinajstić information content (AvgIpc) is 1.80. The standard InChI is InChI=1S/C8H19N.ClH/c1-3-4-5-6-7-8(2)9;/h8H,3-7,9H2,1-2H3;1H. The quantitative estimate of drug-likeness (QED) is 0.623. The molecule has 64 valence electrons. The first-order valence-electron chi connectivity index (χ1n) is 4.03. The molecule has 10 heavy (non-hydrogen) atoms. The van der Waals surface area contributed by atoms with Crippen LogP contribution in [0, 0.1) is 0 Å². The maximum Gasteiger partial charge on any atom is 0.00104 e. The van der Waals surface area contributed by atoms with Crippen molar-refractivity contribution in [3.05, 3.63) is 0 Å². The van der Waals surface area contributed by atoms with Crippen molar-refractivity contribution in [1.29, 1.82) is 0 Å². The number of rotatable bonds is 5. The molecular formula is C8H20ClN. The lowest BCUT2D eigenvalue weighted by molar-refractivity contribution is 0.575. The van der Waals surface area contributed by atoms with Crippen molar-refractivity contribution < 1.29 is 0 Å². The van der Waals surface area contributed by atoms with Gasteiger partial charge in [-0.2, -0.15) is 0 Å². The molecule has 2 N–H and O–H groups in total. The van der Waals surface area contributed by atoms with Crippen LogP contribution in [0.1, 0.15) is 46.0 Å². The first-order chi connectivity index (χ1) is 4.27. The molecule has 0 fully saturated rings. The van der Waals surface area contributed by atoms with E-state index in [0.29, 0.717) is 6.04 Å². The average molecular weight is 166 g/mol. The maximum atomic E-state index is 5.57. The lowest BCUT2D eigenvalue weighted by Crippen LogP contribution is -2.13. The van der Waals surface area contributed by atoms with Gasteiger partial charge in [-0.25, -0.2) is 0 Å². The molecule has 0 aliphatic carbocycles. The van der Waals surface area contributed by atoms with E-state index >= 15 is 0 Å². The lowest BCUT2D eigenvalue weighted by atomic mass is 10.1. The van der Waals surface area contributed by atoms with Gasteiger partial charge in [-0.3, -0.25) is 0 Å². The molecule has 1 unspecified atom stereocenters. The molecular weight excluding hydrogens is 146 g/mol. The monoisotopic (exact) mass is 165 g/mol. The molecule has 2 heteroatoms. The van der Waals surface area contributed by atoms with Gasteiger partial charge in [0.2, 0.25) is 0 Å². The Morgan fingerprint density at radius 2 is 1.80 bits per heavy atom. The van der Waals surface area contributed by atoms with Crippen LogP contribution in [-0.4, -0.2) is 6.04 Å². The second-order valence-electron chi connectivity index (χ2n) is 2.83. The normalized spacial score (nSPS) is 12.3. The van der Waals surface area contributed by atoms with Crippen LogP contribution in [0.15, 0.2) is 0 Å². The van der Waals surface area contributed by atoms with E-state index in [9.17, 15) is 0 Å². The van der Waals surface area contributed by atoms with E-state index in [0.717, 1.165) is 0 Å². The molecule has 0 saturated heterocycles. The summed E-state index contributed by atoms with van der Waals surface area (Å²) in [5.74, 6) is 0. The van der Waals surface area contributed by atoms with E-state index in [1.807, 2.05) is 0 Å².